The molecule has 2 fully saturated rings. The Morgan fingerprint density at radius 1 is 1.07 bits per heavy atom. The summed E-state index contributed by atoms with van der Waals surface area (Å²) in [4.78, 5) is 36.5. The lowest BCUT2D eigenvalue weighted by Crippen LogP contribution is -2.52. The Hall–Kier alpha value is -4.86. The molecule has 0 bridgehead atoms. The van der Waals surface area contributed by atoms with Gasteiger partial charge in [-0.1, -0.05) is 5.16 Å². The number of hydrogen-bond donors (Lipinski definition) is 1. The number of amides is 2. The third kappa shape index (κ3) is 5.08. The van der Waals surface area contributed by atoms with E-state index in [-0.39, 0.29) is 72.1 Å². The highest BCUT2D eigenvalue weighted by atomic mass is 19.4. The summed E-state index contributed by atoms with van der Waals surface area (Å²) in [5, 5.41) is 13.7. The molecule has 6 rings (SSSR count). The van der Waals surface area contributed by atoms with Gasteiger partial charge in [0, 0.05) is 44.6 Å². The van der Waals surface area contributed by atoms with Gasteiger partial charge in [0.2, 0.25) is 5.65 Å². The Morgan fingerprint density at radius 2 is 1.83 bits per heavy atom. The number of nitrogens with zero attached hydrogens (tertiary/aromatic N) is 6. The maximum Gasteiger partial charge on any atom is 0.437 e. The van der Waals surface area contributed by atoms with Crippen LogP contribution in [0.1, 0.15) is 16.1 Å². The predicted octanol–water partition coefficient (Wildman–Crippen LogP) is 3.19. The van der Waals surface area contributed by atoms with Crippen molar-refractivity contribution in [3.63, 3.8) is 0 Å². The van der Waals surface area contributed by atoms with Gasteiger partial charge in [-0.2, -0.15) is 13.2 Å². The third-order valence-corrected chi connectivity index (χ3v) is 6.62. The summed E-state index contributed by atoms with van der Waals surface area (Å²) in [5.74, 6) is -0.729. The number of fused-ring (bicyclic) bond motifs is 1. The number of phenols is 1. The first-order chi connectivity index (χ1) is 19.7. The number of carbonyl (C=O) groups is 2. The SMILES string of the molecule is O=C(OC1COC1)N1CCN(C(=O)c2ccc(Oc3nccn4c(-c5conc5C(F)(F)F)cnc34)cc2O)CC1. The zero-order chi connectivity index (χ0) is 28.7. The molecule has 3 aromatic heterocycles. The number of imidazole rings is 1. The molecular formula is C25H21F3N6O7. The molecule has 41 heavy (non-hydrogen) atoms. The first-order valence-corrected chi connectivity index (χ1v) is 12.4. The molecular weight excluding hydrogens is 553 g/mol. The average Bonchev–Trinajstić information content (AvgIpc) is 3.58. The fourth-order valence-electron chi connectivity index (χ4n) is 4.42. The number of halogens is 3. The minimum Gasteiger partial charge on any atom is -0.507 e. The largest absolute Gasteiger partial charge is 0.507 e. The Kier molecular flexibility index (Phi) is 6.61. The number of phenolic OH excluding ortho intramolecular Hbond substituents is 1. The number of aromatic nitrogens is 4. The van der Waals surface area contributed by atoms with Gasteiger partial charge in [-0.05, 0) is 12.1 Å². The predicted molar refractivity (Wildman–Crippen MR) is 130 cm³/mol. The molecule has 214 valence electrons. The van der Waals surface area contributed by atoms with Gasteiger partial charge in [-0.3, -0.25) is 9.20 Å². The van der Waals surface area contributed by atoms with E-state index in [0.29, 0.717) is 13.2 Å². The van der Waals surface area contributed by atoms with Crippen LogP contribution in [0.4, 0.5) is 18.0 Å². The highest BCUT2D eigenvalue weighted by Crippen LogP contribution is 2.37. The summed E-state index contributed by atoms with van der Waals surface area (Å²) < 4.78 is 61.9. The van der Waals surface area contributed by atoms with Crippen LogP contribution in [0.2, 0.25) is 0 Å². The number of rotatable bonds is 5. The van der Waals surface area contributed by atoms with Gasteiger partial charge >= 0.3 is 12.3 Å². The first kappa shape index (κ1) is 26.4. The van der Waals surface area contributed by atoms with E-state index in [4.69, 9.17) is 14.2 Å². The van der Waals surface area contributed by atoms with Gasteiger partial charge in [-0.15, -0.1) is 0 Å². The standard InChI is InChI=1S/C25H21F3N6O7/c26-25(27,28)20-17(13-39-31-20)18-10-30-21-22(29-3-4-34(18)21)40-14-1-2-16(19(35)9-14)23(36)32-5-7-33(8-6-32)24(37)41-15-11-38-12-15/h1-4,9-10,13,15,35H,5-8,11-12H2. The van der Waals surface area contributed by atoms with E-state index in [1.165, 1.54) is 51.0 Å². The minimum absolute atomic E-state index is 0.0291. The van der Waals surface area contributed by atoms with Gasteiger partial charge < -0.3 is 33.6 Å². The van der Waals surface area contributed by atoms with E-state index in [2.05, 4.69) is 19.6 Å². The minimum atomic E-state index is -4.74. The van der Waals surface area contributed by atoms with Crippen LogP contribution in [-0.4, -0.2) is 91.9 Å². The van der Waals surface area contributed by atoms with Crippen LogP contribution >= 0.6 is 0 Å². The van der Waals surface area contributed by atoms with Crippen molar-refractivity contribution < 1.29 is 46.6 Å². The zero-order valence-electron chi connectivity index (χ0n) is 21.1. The number of piperazine rings is 1. The lowest BCUT2D eigenvalue weighted by Gasteiger charge is -2.36. The van der Waals surface area contributed by atoms with Crippen molar-refractivity contribution in [3.8, 4) is 28.6 Å². The Bertz CT molecular complexity index is 1610. The molecule has 13 nitrogen and oxygen atoms in total. The molecule has 2 saturated heterocycles. The maximum absolute atomic E-state index is 13.3. The Labute approximate surface area is 228 Å². The van der Waals surface area contributed by atoms with E-state index in [0.717, 1.165) is 6.26 Å². The van der Waals surface area contributed by atoms with Crippen molar-refractivity contribution in [2.75, 3.05) is 39.4 Å². The van der Waals surface area contributed by atoms with E-state index >= 15 is 0 Å². The van der Waals surface area contributed by atoms with Gasteiger partial charge in [-0.25, -0.2) is 14.8 Å². The second kappa shape index (κ2) is 10.3. The number of hydrogen-bond acceptors (Lipinski definition) is 10. The summed E-state index contributed by atoms with van der Waals surface area (Å²) in [5.41, 5.74) is -1.34. The molecule has 0 unspecified atom stereocenters. The van der Waals surface area contributed by atoms with E-state index in [1.54, 1.807) is 0 Å². The maximum atomic E-state index is 13.3. The molecule has 2 aliphatic rings. The van der Waals surface area contributed by atoms with E-state index < -0.39 is 23.9 Å². The normalized spacial score (nSPS) is 16.1. The van der Waals surface area contributed by atoms with Crippen molar-refractivity contribution in [3.05, 3.63) is 54.3 Å². The second-order valence-corrected chi connectivity index (χ2v) is 9.25. The molecule has 4 aromatic rings. The van der Waals surface area contributed by atoms with Crippen molar-refractivity contribution in [1.82, 2.24) is 29.3 Å². The number of alkyl halides is 3. The monoisotopic (exact) mass is 574 g/mol. The van der Waals surface area contributed by atoms with Crippen LogP contribution in [0.5, 0.6) is 17.4 Å². The van der Waals surface area contributed by atoms with Crippen LogP contribution in [0.25, 0.3) is 16.9 Å². The highest BCUT2D eigenvalue weighted by molar-refractivity contribution is 5.97. The van der Waals surface area contributed by atoms with Crippen LogP contribution < -0.4 is 4.74 Å². The summed E-state index contributed by atoms with van der Waals surface area (Å²) >= 11 is 0. The molecule has 5 heterocycles. The first-order valence-electron chi connectivity index (χ1n) is 12.4. The molecule has 1 aromatic carbocycles. The average molecular weight is 574 g/mol. The molecule has 0 radical (unpaired) electrons. The highest BCUT2D eigenvalue weighted by Gasteiger charge is 2.39. The van der Waals surface area contributed by atoms with E-state index in [9.17, 15) is 27.9 Å². The lowest BCUT2D eigenvalue weighted by molar-refractivity contribution is -0.142. The van der Waals surface area contributed by atoms with Crippen LogP contribution in [0.15, 0.2) is 47.6 Å². The molecule has 1 N–H and O–H groups in total. The quantitative estimate of drug-likeness (QED) is 0.377. The van der Waals surface area contributed by atoms with Crippen molar-refractivity contribution in [2.24, 2.45) is 0 Å². The van der Waals surface area contributed by atoms with Crippen LogP contribution in [-0.2, 0) is 15.7 Å². The summed E-state index contributed by atoms with van der Waals surface area (Å²) in [6, 6.07) is 4.05. The molecule has 0 atom stereocenters. The Morgan fingerprint density at radius 3 is 2.51 bits per heavy atom. The molecule has 2 amide bonds. The van der Waals surface area contributed by atoms with Gasteiger partial charge in [0.1, 0.15) is 17.8 Å². The molecule has 2 aliphatic heterocycles. The van der Waals surface area contributed by atoms with Crippen molar-refractivity contribution >= 4 is 17.6 Å². The van der Waals surface area contributed by atoms with E-state index in [1.807, 2.05) is 0 Å². The lowest BCUT2D eigenvalue weighted by atomic mass is 10.1. The third-order valence-electron chi connectivity index (χ3n) is 6.62. The van der Waals surface area contributed by atoms with Crippen molar-refractivity contribution in [1.29, 1.82) is 0 Å². The number of ether oxygens (including phenoxy) is 3. The second-order valence-electron chi connectivity index (χ2n) is 9.25. The topological polar surface area (TPSA) is 145 Å². The fraction of sp³-hybridized carbons (Fsp3) is 0.320. The number of carbonyl (C=O) groups excluding carboxylic acids is 2. The van der Waals surface area contributed by atoms with Gasteiger partial charge in [0.25, 0.3) is 11.8 Å². The summed E-state index contributed by atoms with van der Waals surface area (Å²) in [6.07, 6.45) is -0.651. The van der Waals surface area contributed by atoms with Gasteiger partial charge in [0.05, 0.1) is 36.2 Å². The molecule has 0 spiro atoms. The molecule has 0 saturated carbocycles. The van der Waals surface area contributed by atoms with Crippen LogP contribution in [0, 0.1) is 0 Å². The summed E-state index contributed by atoms with van der Waals surface area (Å²) in [7, 11) is 0. The number of benzene rings is 1. The van der Waals surface area contributed by atoms with Gasteiger partial charge in [0.15, 0.2) is 11.8 Å². The van der Waals surface area contributed by atoms with Crippen molar-refractivity contribution in [2.45, 2.75) is 12.3 Å². The zero-order valence-corrected chi connectivity index (χ0v) is 21.1. The fourth-order valence-corrected chi connectivity index (χ4v) is 4.42. The van der Waals surface area contributed by atoms with Crippen LogP contribution in [0.3, 0.4) is 0 Å². The molecule has 0 aliphatic carbocycles. The Balaban J connectivity index is 1.15. The summed E-state index contributed by atoms with van der Waals surface area (Å²) in [6.45, 7) is 1.82. The smallest absolute Gasteiger partial charge is 0.437 e. The number of aromatic hydroxyl groups is 1. The molecule has 16 heteroatoms.